The maximum absolute atomic E-state index is 7.70. The lowest BCUT2D eigenvalue weighted by molar-refractivity contribution is 0.598. The Morgan fingerprint density at radius 2 is 2.12 bits per heavy atom. The van der Waals surface area contributed by atoms with E-state index in [-0.39, 0.29) is 11.9 Å². The van der Waals surface area contributed by atoms with Crippen molar-refractivity contribution in [1.82, 2.24) is 9.55 Å². The number of aromatic nitrogens is 2. The van der Waals surface area contributed by atoms with Gasteiger partial charge in [0.15, 0.2) is 0 Å². The van der Waals surface area contributed by atoms with Crippen LogP contribution in [-0.2, 0) is 6.42 Å². The molecule has 1 heterocycles. The van der Waals surface area contributed by atoms with Gasteiger partial charge in [-0.3, -0.25) is 5.41 Å². The van der Waals surface area contributed by atoms with Gasteiger partial charge in [-0.15, -0.1) is 0 Å². The van der Waals surface area contributed by atoms with Gasteiger partial charge in [0.1, 0.15) is 11.7 Å². The van der Waals surface area contributed by atoms with Crippen LogP contribution in [0.15, 0.2) is 24.3 Å². The predicted octanol–water partition coefficient (Wildman–Crippen LogP) is 2.49. The molecular weight excluding hydrogens is 212 g/mol. The van der Waals surface area contributed by atoms with Crippen molar-refractivity contribution in [3.8, 4) is 0 Å². The number of nitrogens with two attached hydrogens (primary N) is 1. The Labute approximate surface area is 101 Å². The van der Waals surface area contributed by atoms with Gasteiger partial charge < -0.3 is 10.3 Å². The van der Waals surface area contributed by atoms with E-state index in [9.17, 15) is 0 Å². The van der Waals surface area contributed by atoms with Gasteiger partial charge in [0, 0.05) is 6.42 Å². The normalized spacial score (nSPS) is 12.8. The van der Waals surface area contributed by atoms with Crippen molar-refractivity contribution in [1.29, 1.82) is 5.41 Å². The summed E-state index contributed by atoms with van der Waals surface area (Å²) in [5.41, 5.74) is 7.73. The van der Waals surface area contributed by atoms with Gasteiger partial charge in [-0.1, -0.05) is 26.0 Å². The Kier molecular flexibility index (Phi) is 3.13. The molecule has 0 bridgehead atoms. The summed E-state index contributed by atoms with van der Waals surface area (Å²) < 4.78 is 2.09. The first-order valence-electron chi connectivity index (χ1n) is 5.98. The molecule has 0 aliphatic heterocycles. The van der Waals surface area contributed by atoms with Gasteiger partial charge in [0.05, 0.1) is 17.1 Å². The van der Waals surface area contributed by atoms with E-state index in [1.165, 1.54) is 0 Å². The van der Waals surface area contributed by atoms with Crippen molar-refractivity contribution < 1.29 is 0 Å². The molecule has 3 N–H and O–H groups in total. The summed E-state index contributed by atoms with van der Waals surface area (Å²) in [6.45, 7) is 4.12. The van der Waals surface area contributed by atoms with Crippen molar-refractivity contribution >= 4 is 16.9 Å². The minimum atomic E-state index is -0.0858. The second-order valence-electron chi connectivity index (χ2n) is 4.12. The van der Waals surface area contributed by atoms with Crippen LogP contribution in [0.2, 0.25) is 0 Å². The predicted molar refractivity (Wildman–Crippen MR) is 70.4 cm³/mol. The van der Waals surface area contributed by atoms with Crippen LogP contribution < -0.4 is 5.73 Å². The highest BCUT2D eigenvalue weighted by Gasteiger charge is 2.18. The second-order valence-corrected chi connectivity index (χ2v) is 4.12. The second kappa shape index (κ2) is 4.57. The van der Waals surface area contributed by atoms with Gasteiger partial charge in [0.2, 0.25) is 0 Å². The summed E-state index contributed by atoms with van der Waals surface area (Å²) in [4.78, 5) is 4.59. The first-order chi connectivity index (χ1) is 8.19. The summed E-state index contributed by atoms with van der Waals surface area (Å²) in [5.74, 6) is 1.19. The fraction of sp³-hybridized carbons (Fsp3) is 0.385. The molecular formula is C13H18N4. The van der Waals surface area contributed by atoms with E-state index < -0.39 is 0 Å². The minimum absolute atomic E-state index is 0.0858. The van der Waals surface area contributed by atoms with Gasteiger partial charge >= 0.3 is 0 Å². The average Bonchev–Trinajstić information content (AvgIpc) is 2.69. The van der Waals surface area contributed by atoms with Crippen molar-refractivity contribution in [2.45, 2.75) is 32.7 Å². The quantitative estimate of drug-likeness (QED) is 0.626. The Hall–Kier alpha value is -1.84. The lowest BCUT2D eigenvalue weighted by atomic mass is 10.2. The zero-order valence-corrected chi connectivity index (χ0v) is 10.3. The van der Waals surface area contributed by atoms with Gasteiger partial charge in [-0.2, -0.15) is 0 Å². The largest absolute Gasteiger partial charge is 0.386 e. The van der Waals surface area contributed by atoms with E-state index in [0.29, 0.717) is 0 Å². The highest BCUT2D eigenvalue weighted by atomic mass is 15.1. The molecule has 0 fully saturated rings. The smallest absolute Gasteiger partial charge is 0.114 e. The molecule has 0 amide bonds. The number of aryl methyl sites for hydroxylation is 1. The van der Waals surface area contributed by atoms with E-state index >= 15 is 0 Å². The van der Waals surface area contributed by atoms with Crippen LogP contribution in [0.25, 0.3) is 11.0 Å². The van der Waals surface area contributed by atoms with Crippen LogP contribution in [0, 0.1) is 5.41 Å². The number of nitrogens with zero attached hydrogens (tertiary/aromatic N) is 2. The van der Waals surface area contributed by atoms with Gasteiger partial charge in [0.25, 0.3) is 0 Å². The Balaban J connectivity index is 2.68. The molecule has 1 aromatic carbocycles. The average molecular weight is 230 g/mol. The van der Waals surface area contributed by atoms with Crippen molar-refractivity contribution in [2.75, 3.05) is 0 Å². The number of hydrogen-bond acceptors (Lipinski definition) is 2. The first-order valence-corrected chi connectivity index (χ1v) is 5.98. The Morgan fingerprint density at radius 3 is 2.71 bits per heavy atom. The van der Waals surface area contributed by atoms with Crippen LogP contribution in [0.5, 0.6) is 0 Å². The van der Waals surface area contributed by atoms with Crippen LogP contribution in [-0.4, -0.2) is 15.4 Å². The molecule has 2 rings (SSSR count). The molecule has 1 aromatic heterocycles. The lowest BCUT2D eigenvalue weighted by Gasteiger charge is -2.18. The van der Waals surface area contributed by atoms with Gasteiger partial charge in [-0.25, -0.2) is 4.98 Å². The summed E-state index contributed by atoms with van der Waals surface area (Å²) in [7, 11) is 0. The van der Waals surface area contributed by atoms with Crippen LogP contribution in [0.1, 0.15) is 32.1 Å². The standard InChI is InChI=1S/C13H18N4/c1-3-10(13(14)15)17-11-8-6-5-7-9(11)16-12(17)4-2/h5-8,10H,3-4H2,1-2H3,(H3,14,15). The molecule has 2 aromatic rings. The van der Waals surface area contributed by atoms with Gasteiger partial charge in [-0.05, 0) is 18.6 Å². The molecule has 4 heteroatoms. The first kappa shape index (κ1) is 11.6. The van der Waals surface area contributed by atoms with Crippen molar-refractivity contribution in [2.24, 2.45) is 5.73 Å². The fourth-order valence-corrected chi connectivity index (χ4v) is 2.23. The summed E-state index contributed by atoms with van der Waals surface area (Å²) in [6, 6.07) is 7.92. The number of nitrogens with one attached hydrogen (secondary N) is 1. The fourth-order valence-electron chi connectivity index (χ4n) is 2.23. The number of fused-ring (bicyclic) bond motifs is 1. The number of para-hydroxylation sites is 2. The number of benzene rings is 1. The van der Waals surface area contributed by atoms with Crippen LogP contribution in [0.4, 0.5) is 0 Å². The number of hydrogen-bond donors (Lipinski definition) is 2. The zero-order valence-electron chi connectivity index (χ0n) is 10.3. The summed E-state index contributed by atoms with van der Waals surface area (Å²) in [5, 5.41) is 7.70. The molecule has 0 aliphatic carbocycles. The maximum atomic E-state index is 7.70. The Morgan fingerprint density at radius 1 is 1.41 bits per heavy atom. The molecule has 0 saturated heterocycles. The molecule has 4 nitrogen and oxygen atoms in total. The number of rotatable bonds is 4. The molecule has 0 radical (unpaired) electrons. The molecule has 0 spiro atoms. The SMILES string of the molecule is CCc1nc2ccccc2n1C(CC)C(=N)N. The number of amidine groups is 1. The summed E-state index contributed by atoms with van der Waals surface area (Å²) >= 11 is 0. The molecule has 17 heavy (non-hydrogen) atoms. The maximum Gasteiger partial charge on any atom is 0.114 e. The zero-order chi connectivity index (χ0) is 12.4. The summed E-state index contributed by atoms with van der Waals surface area (Å²) in [6.07, 6.45) is 1.65. The highest BCUT2D eigenvalue weighted by Crippen LogP contribution is 2.23. The third-order valence-electron chi connectivity index (χ3n) is 3.04. The van der Waals surface area contributed by atoms with Crippen molar-refractivity contribution in [3.63, 3.8) is 0 Å². The molecule has 1 atom stereocenters. The monoisotopic (exact) mass is 230 g/mol. The molecule has 0 saturated carbocycles. The van der Waals surface area contributed by atoms with Crippen LogP contribution >= 0.6 is 0 Å². The highest BCUT2D eigenvalue weighted by molar-refractivity contribution is 5.85. The van der Waals surface area contributed by atoms with Crippen LogP contribution in [0.3, 0.4) is 0 Å². The lowest BCUT2D eigenvalue weighted by Crippen LogP contribution is -2.26. The van der Waals surface area contributed by atoms with E-state index in [0.717, 1.165) is 29.7 Å². The van der Waals surface area contributed by atoms with Crippen molar-refractivity contribution in [3.05, 3.63) is 30.1 Å². The Bertz CT molecular complexity index is 541. The van der Waals surface area contributed by atoms with E-state index in [4.69, 9.17) is 11.1 Å². The third kappa shape index (κ3) is 1.90. The molecule has 1 unspecified atom stereocenters. The number of imidazole rings is 1. The minimum Gasteiger partial charge on any atom is -0.386 e. The van der Waals surface area contributed by atoms with E-state index in [1.807, 2.05) is 31.2 Å². The third-order valence-corrected chi connectivity index (χ3v) is 3.04. The topological polar surface area (TPSA) is 67.7 Å². The molecule has 0 aliphatic rings. The molecule has 90 valence electrons. The van der Waals surface area contributed by atoms with E-state index in [2.05, 4.69) is 16.5 Å². The van der Waals surface area contributed by atoms with E-state index in [1.54, 1.807) is 0 Å².